The van der Waals surface area contributed by atoms with Crippen molar-refractivity contribution in [1.29, 1.82) is 0 Å². The van der Waals surface area contributed by atoms with Gasteiger partial charge in [0.15, 0.2) is 0 Å². The van der Waals surface area contributed by atoms with Crippen molar-refractivity contribution in [2.45, 2.75) is 19.9 Å². The topological polar surface area (TPSA) is 50.4 Å². The summed E-state index contributed by atoms with van der Waals surface area (Å²) in [6.07, 6.45) is 0. The van der Waals surface area contributed by atoms with E-state index in [9.17, 15) is 9.18 Å². The highest BCUT2D eigenvalue weighted by Crippen LogP contribution is 2.25. The van der Waals surface area contributed by atoms with Crippen molar-refractivity contribution in [1.82, 2.24) is 10.6 Å². The molecule has 0 bridgehead atoms. The molecule has 0 aliphatic carbocycles. The van der Waals surface area contributed by atoms with E-state index in [2.05, 4.69) is 10.6 Å². The maximum Gasteiger partial charge on any atom is 0.234 e. The van der Waals surface area contributed by atoms with Crippen LogP contribution in [-0.2, 0) is 4.79 Å². The number of methoxy groups -OCH3 is 1. The molecule has 0 aliphatic heterocycles. The number of rotatable bonds is 6. The molecule has 0 fully saturated rings. The molecule has 0 aliphatic rings. The van der Waals surface area contributed by atoms with Crippen LogP contribution in [0.25, 0.3) is 0 Å². The van der Waals surface area contributed by atoms with Gasteiger partial charge in [0.1, 0.15) is 11.6 Å². The highest BCUT2D eigenvalue weighted by Gasteiger charge is 2.14. The van der Waals surface area contributed by atoms with Crippen LogP contribution in [0.3, 0.4) is 0 Å². The Morgan fingerprint density at radius 1 is 1.50 bits per heavy atom. The predicted octanol–water partition coefficient (Wildman–Crippen LogP) is 1.62. The van der Waals surface area contributed by atoms with E-state index >= 15 is 0 Å². The number of carbonyl (C=O) groups excluding carboxylic acids is 1. The fourth-order valence-corrected chi connectivity index (χ4v) is 1.65. The molecule has 0 radical (unpaired) electrons. The lowest BCUT2D eigenvalue weighted by Gasteiger charge is -2.17. The van der Waals surface area contributed by atoms with Crippen LogP contribution in [0, 0.1) is 5.82 Å². The van der Waals surface area contributed by atoms with Crippen LogP contribution in [0.5, 0.6) is 5.75 Å². The third-order valence-electron chi connectivity index (χ3n) is 2.57. The predicted molar refractivity (Wildman–Crippen MR) is 68.1 cm³/mol. The number of halogens is 1. The highest BCUT2D eigenvalue weighted by molar-refractivity contribution is 5.78. The molecule has 0 spiro atoms. The number of hydrogen-bond donors (Lipinski definition) is 2. The quantitative estimate of drug-likeness (QED) is 0.811. The zero-order valence-electron chi connectivity index (χ0n) is 10.9. The van der Waals surface area contributed by atoms with Gasteiger partial charge in [0.05, 0.1) is 19.7 Å². The summed E-state index contributed by atoms with van der Waals surface area (Å²) in [6, 6.07) is 3.95. The summed E-state index contributed by atoms with van der Waals surface area (Å²) in [5.74, 6) is 0.0851. The Balaban J connectivity index is 2.73. The molecular weight excluding hydrogens is 235 g/mol. The van der Waals surface area contributed by atoms with Gasteiger partial charge in [-0.1, -0.05) is 6.92 Å². The van der Waals surface area contributed by atoms with Crippen molar-refractivity contribution in [2.75, 3.05) is 20.2 Å². The van der Waals surface area contributed by atoms with Crippen LogP contribution < -0.4 is 15.4 Å². The number of hydrogen-bond acceptors (Lipinski definition) is 3. The normalized spacial score (nSPS) is 12.0. The molecule has 1 amide bonds. The van der Waals surface area contributed by atoms with Crippen molar-refractivity contribution in [3.8, 4) is 5.75 Å². The zero-order chi connectivity index (χ0) is 13.5. The number of benzene rings is 1. The Morgan fingerprint density at radius 3 is 2.83 bits per heavy atom. The molecule has 1 rings (SSSR count). The minimum Gasteiger partial charge on any atom is -0.496 e. The molecule has 0 saturated heterocycles. The van der Waals surface area contributed by atoms with Gasteiger partial charge in [0, 0.05) is 5.56 Å². The van der Waals surface area contributed by atoms with Crippen molar-refractivity contribution < 1.29 is 13.9 Å². The number of carbonyl (C=O) groups is 1. The molecule has 18 heavy (non-hydrogen) atoms. The van der Waals surface area contributed by atoms with E-state index in [1.165, 1.54) is 19.2 Å². The highest BCUT2D eigenvalue weighted by atomic mass is 19.1. The SMILES string of the molecule is CCNCC(=O)NC(C)c1cc(F)ccc1OC. The number of likely N-dealkylation sites (N-methyl/N-ethyl adjacent to an activating group) is 1. The Labute approximate surface area is 107 Å². The maximum atomic E-state index is 13.2. The van der Waals surface area contributed by atoms with Crippen LogP contribution in [0.2, 0.25) is 0 Å². The number of ether oxygens (including phenoxy) is 1. The van der Waals surface area contributed by atoms with Gasteiger partial charge in [-0.05, 0) is 31.7 Å². The maximum absolute atomic E-state index is 13.2. The molecule has 1 atom stereocenters. The van der Waals surface area contributed by atoms with Crippen molar-refractivity contribution in [2.24, 2.45) is 0 Å². The zero-order valence-corrected chi connectivity index (χ0v) is 10.9. The van der Waals surface area contributed by atoms with E-state index in [0.717, 1.165) is 6.54 Å². The summed E-state index contributed by atoms with van der Waals surface area (Å²) in [5, 5.41) is 5.71. The molecule has 0 heterocycles. The lowest BCUT2D eigenvalue weighted by Crippen LogP contribution is -2.35. The minimum atomic E-state index is -0.349. The van der Waals surface area contributed by atoms with Crippen molar-refractivity contribution in [3.05, 3.63) is 29.6 Å². The first-order chi connectivity index (χ1) is 8.58. The Kier molecular flexibility index (Phi) is 5.58. The second-order valence-electron chi connectivity index (χ2n) is 3.96. The largest absolute Gasteiger partial charge is 0.496 e. The summed E-state index contributed by atoms with van der Waals surface area (Å²) in [4.78, 5) is 11.6. The van der Waals surface area contributed by atoms with E-state index in [0.29, 0.717) is 11.3 Å². The minimum absolute atomic E-state index is 0.129. The van der Waals surface area contributed by atoms with Gasteiger partial charge in [-0.3, -0.25) is 4.79 Å². The molecule has 1 aromatic carbocycles. The van der Waals surface area contributed by atoms with Gasteiger partial charge in [0.2, 0.25) is 5.91 Å². The molecule has 4 nitrogen and oxygen atoms in total. The molecule has 2 N–H and O–H groups in total. The Bertz CT molecular complexity index is 410. The van der Waals surface area contributed by atoms with Gasteiger partial charge in [-0.15, -0.1) is 0 Å². The first-order valence-electron chi connectivity index (χ1n) is 5.92. The van der Waals surface area contributed by atoms with Gasteiger partial charge in [0.25, 0.3) is 0 Å². The lowest BCUT2D eigenvalue weighted by atomic mass is 10.1. The van der Waals surface area contributed by atoms with Gasteiger partial charge in [-0.2, -0.15) is 0 Å². The third kappa shape index (κ3) is 4.00. The van der Waals surface area contributed by atoms with E-state index in [1.807, 2.05) is 6.92 Å². The van der Waals surface area contributed by atoms with Crippen LogP contribution in [0.15, 0.2) is 18.2 Å². The average molecular weight is 254 g/mol. The summed E-state index contributed by atoms with van der Waals surface area (Å²) in [7, 11) is 1.52. The van der Waals surface area contributed by atoms with E-state index in [-0.39, 0.29) is 24.3 Å². The van der Waals surface area contributed by atoms with Crippen LogP contribution in [-0.4, -0.2) is 26.1 Å². The lowest BCUT2D eigenvalue weighted by molar-refractivity contribution is -0.120. The summed E-state index contributed by atoms with van der Waals surface area (Å²) < 4.78 is 18.4. The van der Waals surface area contributed by atoms with Crippen molar-refractivity contribution in [3.63, 3.8) is 0 Å². The Morgan fingerprint density at radius 2 is 2.22 bits per heavy atom. The third-order valence-corrected chi connectivity index (χ3v) is 2.57. The van der Waals surface area contributed by atoms with Gasteiger partial charge < -0.3 is 15.4 Å². The standard InChI is InChI=1S/C13H19FN2O2/c1-4-15-8-13(17)16-9(2)11-7-10(14)5-6-12(11)18-3/h5-7,9,15H,4,8H2,1-3H3,(H,16,17). The number of amides is 1. The monoisotopic (exact) mass is 254 g/mol. The molecule has 0 aromatic heterocycles. The fourth-order valence-electron chi connectivity index (χ4n) is 1.65. The Hall–Kier alpha value is -1.62. The second kappa shape index (κ2) is 6.96. The summed E-state index contributed by atoms with van der Waals surface area (Å²) in [5.41, 5.74) is 0.627. The number of nitrogens with one attached hydrogen (secondary N) is 2. The first-order valence-corrected chi connectivity index (χ1v) is 5.92. The molecular formula is C13H19FN2O2. The smallest absolute Gasteiger partial charge is 0.234 e. The summed E-state index contributed by atoms with van der Waals surface area (Å²) in [6.45, 7) is 4.69. The van der Waals surface area contributed by atoms with Crippen LogP contribution in [0.1, 0.15) is 25.5 Å². The fraction of sp³-hybridized carbons (Fsp3) is 0.462. The molecule has 5 heteroatoms. The average Bonchev–Trinajstić information content (AvgIpc) is 2.36. The molecule has 100 valence electrons. The van der Waals surface area contributed by atoms with E-state index in [4.69, 9.17) is 4.74 Å². The second-order valence-corrected chi connectivity index (χ2v) is 3.96. The van der Waals surface area contributed by atoms with E-state index < -0.39 is 0 Å². The molecule has 0 saturated carbocycles. The van der Waals surface area contributed by atoms with Gasteiger partial charge >= 0.3 is 0 Å². The summed E-state index contributed by atoms with van der Waals surface area (Å²) >= 11 is 0. The van der Waals surface area contributed by atoms with E-state index in [1.54, 1.807) is 13.0 Å². The van der Waals surface area contributed by atoms with Crippen LogP contribution >= 0.6 is 0 Å². The molecule has 1 aromatic rings. The van der Waals surface area contributed by atoms with Gasteiger partial charge in [-0.25, -0.2) is 4.39 Å². The molecule has 1 unspecified atom stereocenters. The first kappa shape index (κ1) is 14.4. The van der Waals surface area contributed by atoms with Crippen LogP contribution in [0.4, 0.5) is 4.39 Å². The van der Waals surface area contributed by atoms with Crippen molar-refractivity contribution >= 4 is 5.91 Å².